The van der Waals surface area contributed by atoms with Gasteiger partial charge in [0.05, 0.1) is 29.9 Å². The first-order valence-electron chi connectivity index (χ1n) is 6.10. The van der Waals surface area contributed by atoms with Gasteiger partial charge in [-0.15, -0.1) is 0 Å². The maximum atomic E-state index is 11.7. The second-order valence-corrected chi connectivity index (χ2v) is 4.67. The number of esters is 1. The Morgan fingerprint density at radius 2 is 2.28 bits per heavy atom. The molecule has 5 nitrogen and oxygen atoms in total. The molecule has 0 saturated carbocycles. The Bertz CT molecular complexity index is 410. The number of anilines is 1. The molecule has 0 aromatic carbocycles. The van der Waals surface area contributed by atoms with Crippen LogP contribution in [0.25, 0.3) is 0 Å². The molecule has 0 bridgehead atoms. The first-order valence-corrected chi connectivity index (χ1v) is 6.47. The lowest BCUT2D eigenvalue weighted by molar-refractivity contribution is -0.148. The van der Waals surface area contributed by atoms with Crippen molar-refractivity contribution in [1.82, 2.24) is 9.97 Å². The SMILES string of the molecule is CCOC(=O)C1CCCN(c2ncc(Cl)cn2)C1. The van der Waals surface area contributed by atoms with Crippen molar-refractivity contribution in [2.45, 2.75) is 19.8 Å². The van der Waals surface area contributed by atoms with Gasteiger partial charge in [-0.05, 0) is 19.8 Å². The molecule has 1 aromatic rings. The van der Waals surface area contributed by atoms with Gasteiger partial charge in [0.15, 0.2) is 0 Å². The molecule has 1 saturated heterocycles. The average molecular weight is 270 g/mol. The Labute approximate surface area is 111 Å². The molecule has 1 fully saturated rings. The number of carbonyl (C=O) groups excluding carboxylic acids is 1. The van der Waals surface area contributed by atoms with Crippen LogP contribution in [0.3, 0.4) is 0 Å². The lowest BCUT2D eigenvalue weighted by atomic mass is 9.98. The molecular weight excluding hydrogens is 254 g/mol. The van der Waals surface area contributed by atoms with Gasteiger partial charge in [0, 0.05) is 13.1 Å². The Hall–Kier alpha value is -1.36. The first kappa shape index (κ1) is 13.1. The van der Waals surface area contributed by atoms with Gasteiger partial charge in [0.2, 0.25) is 5.95 Å². The van der Waals surface area contributed by atoms with Crippen molar-refractivity contribution in [3.63, 3.8) is 0 Å². The molecule has 18 heavy (non-hydrogen) atoms. The van der Waals surface area contributed by atoms with E-state index in [9.17, 15) is 4.79 Å². The number of carbonyl (C=O) groups is 1. The fraction of sp³-hybridized carbons (Fsp3) is 0.583. The number of aromatic nitrogens is 2. The third kappa shape index (κ3) is 3.10. The largest absolute Gasteiger partial charge is 0.466 e. The van der Waals surface area contributed by atoms with Crippen molar-refractivity contribution in [2.75, 3.05) is 24.6 Å². The fourth-order valence-electron chi connectivity index (χ4n) is 2.08. The molecule has 2 rings (SSSR count). The minimum absolute atomic E-state index is 0.0852. The average Bonchev–Trinajstić information content (AvgIpc) is 2.40. The lowest BCUT2D eigenvalue weighted by Gasteiger charge is -2.31. The van der Waals surface area contributed by atoms with E-state index in [-0.39, 0.29) is 11.9 Å². The van der Waals surface area contributed by atoms with Crippen molar-refractivity contribution < 1.29 is 9.53 Å². The molecule has 2 heterocycles. The fourth-order valence-corrected chi connectivity index (χ4v) is 2.18. The molecule has 0 spiro atoms. The Balaban J connectivity index is 2.02. The van der Waals surface area contributed by atoms with E-state index in [1.807, 2.05) is 11.8 Å². The summed E-state index contributed by atoms with van der Waals surface area (Å²) < 4.78 is 5.06. The van der Waals surface area contributed by atoms with Crippen LogP contribution in [-0.2, 0) is 9.53 Å². The number of rotatable bonds is 3. The molecule has 6 heteroatoms. The highest BCUT2D eigenvalue weighted by atomic mass is 35.5. The molecule has 0 N–H and O–H groups in total. The van der Waals surface area contributed by atoms with Crippen molar-refractivity contribution in [3.05, 3.63) is 17.4 Å². The molecular formula is C12H16ClN3O2. The van der Waals surface area contributed by atoms with E-state index < -0.39 is 0 Å². The van der Waals surface area contributed by atoms with Crippen LogP contribution in [-0.4, -0.2) is 35.6 Å². The van der Waals surface area contributed by atoms with E-state index in [0.29, 0.717) is 24.1 Å². The summed E-state index contributed by atoms with van der Waals surface area (Å²) in [5.74, 6) is 0.405. The summed E-state index contributed by atoms with van der Waals surface area (Å²) in [6.45, 7) is 3.71. The smallest absolute Gasteiger partial charge is 0.310 e. The zero-order chi connectivity index (χ0) is 13.0. The third-order valence-electron chi connectivity index (χ3n) is 2.93. The van der Waals surface area contributed by atoms with Crippen LogP contribution in [0.5, 0.6) is 0 Å². The van der Waals surface area contributed by atoms with Crippen LogP contribution in [0.1, 0.15) is 19.8 Å². The van der Waals surface area contributed by atoms with E-state index in [2.05, 4.69) is 9.97 Å². The highest BCUT2D eigenvalue weighted by Gasteiger charge is 2.27. The second-order valence-electron chi connectivity index (χ2n) is 4.24. The molecule has 0 amide bonds. The zero-order valence-electron chi connectivity index (χ0n) is 10.3. The molecule has 1 aliphatic heterocycles. The predicted octanol–water partition coefficient (Wildman–Crippen LogP) is 1.91. The van der Waals surface area contributed by atoms with Gasteiger partial charge < -0.3 is 9.64 Å². The van der Waals surface area contributed by atoms with Gasteiger partial charge >= 0.3 is 5.97 Å². The molecule has 98 valence electrons. The molecule has 1 aromatic heterocycles. The summed E-state index contributed by atoms with van der Waals surface area (Å²) in [5, 5.41) is 0.512. The van der Waals surface area contributed by atoms with Crippen LogP contribution in [0.4, 0.5) is 5.95 Å². The van der Waals surface area contributed by atoms with Crippen LogP contribution in [0.15, 0.2) is 12.4 Å². The minimum atomic E-state index is -0.129. The number of piperidine rings is 1. The summed E-state index contributed by atoms with van der Waals surface area (Å²) in [6.07, 6.45) is 4.94. The summed E-state index contributed by atoms with van der Waals surface area (Å²) in [6, 6.07) is 0. The van der Waals surface area contributed by atoms with Gasteiger partial charge in [-0.1, -0.05) is 11.6 Å². The van der Waals surface area contributed by atoms with Crippen LogP contribution < -0.4 is 4.90 Å². The van der Waals surface area contributed by atoms with E-state index in [1.54, 1.807) is 12.4 Å². The Morgan fingerprint density at radius 1 is 1.56 bits per heavy atom. The Kier molecular flexibility index (Phi) is 4.36. The third-order valence-corrected chi connectivity index (χ3v) is 3.13. The predicted molar refractivity (Wildman–Crippen MR) is 68.6 cm³/mol. The lowest BCUT2D eigenvalue weighted by Crippen LogP contribution is -2.40. The number of ether oxygens (including phenoxy) is 1. The molecule has 1 atom stereocenters. The van der Waals surface area contributed by atoms with Gasteiger partial charge in [0.25, 0.3) is 0 Å². The molecule has 0 radical (unpaired) electrons. The maximum Gasteiger partial charge on any atom is 0.310 e. The zero-order valence-corrected chi connectivity index (χ0v) is 11.1. The molecule has 1 aliphatic rings. The van der Waals surface area contributed by atoms with Crippen LogP contribution in [0.2, 0.25) is 5.02 Å². The summed E-state index contributed by atoms with van der Waals surface area (Å²) >= 11 is 5.75. The van der Waals surface area contributed by atoms with Crippen molar-refractivity contribution >= 4 is 23.5 Å². The summed E-state index contributed by atoms with van der Waals surface area (Å²) in [4.78, 5) is 22.1. The normalized spacial score (nSPS) is 19.7. The quantitative estimate of drug-likeness (QED) is 0.785. The van der Waals surface area contributed by atoms with E-state index in [4.69, 9.17) is 16.3 Å². The summed E-state index contributed by atoms with van der Waals surface area (Å²) in [7, 11) is 0. The van der Waals surface area contributed by atoms with Crippen molar-refractivity contribution in [3.8, 4) is 0 Å². The molecule has 1 unspecified atom stereocenters. The number of nitrogens with zero attached hydrogens (tertiary/aromatic N) is 3. The highest BCUT2D eigenvalue weighted by Crippen LogP contribution is 2.21. The van der Waals surface area contributed by atoms with Crippen LogP contribution >= 0.6 is 11.6 Å². The van der Waals surface area contributed by atoms with Gasteiger partial charge in [-0.3, -0.25) is 4.79 Å². The number of hydrogen-bond acceptors (Lipinski definition) is 5. The highest BCUT2D eigenvalue weighted by molar-refractivity contribution is 6.30. The van der Waals surface area contributed by atoms with E-state index in [1.165, 1.54) is 0 Å². The van der Waals surface area contributed by atoms with Gasteiger partial charge in [-0.2, -0.15) is 0 Å². The molecule has 0 aliphatic carbocycles. The first-order chi connectivity index (χ1) is 8.70. The maximum absolute atomic E-state index is 11.7. The van der Waals surface area contributed by atoms with Gasteiger partial charge in [-0.25, -0.2) is 9.97 Å². The monoisotopic (exact) mass is 269 g/mol. The van der Waals surface area contributed by atoms with Crippen molar-refractivity contribution in [2.24, 2.45) is 5.92 Å². The standard InChI is InChI=1S/C12H16ClN3O2/c1-2-18-11(17)9-4-3-5-16(8-9)12-14-6-10(13)7-15-12/h6-7,9H,2-5,8H2,1H3. The minimum Gasteiger partial charge on any atom is -0.466 e. The number of hydrogen-bond donors (Lipinski definition) is 0. The van der Waals surface area contributed by atoms with Crippen molar-refractivity contribution in [1.29, 1.82) is 0 Å². The summed E-state index contributed by atoms with van der Waals surface area (Å²) in [5.41, 5.74) is 0. The van der Waals surface area contributed by atoms with E-state index in [0.717, 1.165) is 19.4 Å². The second kappa shape index (κ2) is 6.00. The Morgan fingerprint density at radius 3 is 2.94 bits per heavy atom. The van der Waals surface area contributed by atoms with Crippen LogP contribution in [0, 0.1) is 5.92 Å². The van der Waals surface area contributed by atoms with E-state index >= 15 is 0 Å². The van der Waals surface area contributed by atoms with Gasteiger partial charge in [0.1, 0.15) is 0 Å². The topological polar surface area (TPSA) is 55.3 Å². The number of halogens is 1.